The number of imidazole rings is 1. The van der Waals surface area contributed by atoms with Gasteiger partial charge in [0.05, 0.1) is 22.9 Å². The lowest BCUT2D eigenvalue weighted by Crippen LogP contribution is -1.88. The van der Waals surface area contributed by atoms with Crippen molar-refractivity contribution in [2.24, 2.45) is 0 Å². The molecule has 4 nitrogen and oxygen atoms in total. The minimum atomic E-state index is 0.230. The summed E-state index contributed by atoms with van der Waals surface area (Å²) in [4.78, 5) is 8.93. The molecular weight excluding hydrogens is 250 g/mol. The SMILES string of the molecule is Oc1ccccc1-c1cn2c(cnc3ccccc32)n1. The van der Waals surface area contributed by atoms with Crippen LogP contribution >= 0.6 is 0 Å². The first-order valence-electron chi connectivity index (χ1n) is 6.34. The summed E-state index contributed by atoms with van der Waals surface area (Å²) >= 11 is 0. The lowest BCUT2D eigenvalue weighted by Gasteiger charge is -1.99. The molecule has 0 saturated carbocycles. The summed E-state index contributed by atoms with van der Waals surface area (Å²) in [6, 6.07) is 15.1. The Bertz CT molecular complexity index is 927. The summed E-state index contributed by atoms with van der Waals surface area (Å²) in [5.74, 6) is 0.230. The first-order chi connectivity index (χ1) is 9.83. The Kier molecular flexibility index (Phi) is 2.23. The Balaban J connectivity index is 2.04. The summed E-state index contributed by atoms with van der Waals surface area (Å²) in [5, 5.41) is 9.94. The van der Waals surface area contributed by atoms with E-state index in [9.17, 15) is 5.11 Å². The summed E-state index contributed by atoms with van der Waals surface area (Å²) in [7, 11) is 0. The van der Waals surface area contributed by atoms with Gasteiger partial charge in [0.15, 0.2) is 5.65 Å². The maximum absolute atomic E-state index is 9.94. The normalized spacial score (nSPS) is 11.2. The van der Waals surface area contributed by atoms with Crippen molar-refractivity contribution in [1.82, 2.24) is 14.4 Å². The van der Waals surface area contributed by atoms with Crippen LogP contribution in [0.15, 0.2) is 60.9 Å². The molecule has 96 valence electrons. The first-order valence-corrected chi connectivity index (χ1v) is 6.34. The number of nitrogens with zero attached hydrogens (tertiary/aromatic N) is 3. The number of rotatable bonds is 1. The fourth-order valence-corrected chi connectivity index (χ4v) is 2.40. The van der Waals surface area contributed by atoms with Gasteiger partial charge >= 0.3 is 0 Å². The van der Waals surface area contributed by atoms with Crippen LogP contribution in [-0.4, -0.2) is 19.5 Å². The quantitative estimate of drug-likeness (QED) is 0.572. The highest BCUT2D eigenvalue weighted by Gasteiger charge is 2.10. The fourth-order valence-electron chi connectivity index (χ4n) is 2.40. The maximum Gasteiger partial charge on any atom is 0.156 e. The molecule has 0 fully saturated rings. The predicted octanol–water partition coefficient (Wildman–Crippen LogP) is 3.26. The van der Waals surface area contributed by atoms with Crippen molar-refractivity contribution in [2.75, 3.05) is 0 Å². The van der Waals surface area contributed by atoms with Gasteiger partial charge in [0.25, 0.3) is 0 Å². The van der Waals surface area contributed by atoms with Gasteiger partial charge in [-0.15, -0.1) is 0 Å². The molecule has 4 rings (SSSR count). The Morgan fingerprint density at radius 3 is 2.65 bits per heavy atom. The molecule has 2 aromatic heterocycles. The van der Waals surface area contributed by atoms with Crippen LogP contribution in [0.5, 0.6) is 5.75 Å². The third kappa shape index (κ3) is 1.55. The van der Waals surface area contributed by atoms with Crippen molar-refractivity contribution in [3.8, 4) is 17.0 Å². The van der Waals surface area contributed by atoms with Crippen molar-refractivity contribution in [2.45, 2.75) is 0 Å². The van der Waals surface area contributed by atoms with Crippen LogP contribution in [0.1, 0.15) is 0 Å². The molecule has 0 radical (unpaired) electrons. The molecule has 0 saturated heterocycles. The second-order valence-electron chi connectivity index (χ2n) is 4.62. The third-order valence-corrected chi connectivity index (χ3v) is 3.37. The molecule has 2 aromatic carbocycles. The van der Waals surface area contributed by atoms with Crippen LogP contribution < -0.4 is 0 Å². The lowest BCUT2D eigenvalue weighted by atomic mass is 10.1. The highest BCUT2D eigenvalue weighted by molar-refractivity contribution is 5.79. The van der Waals surface area contributed by atoms with E-state index in [1.54, 1.807) is 18.3 Å². The van der Waals surface area contributed by atoms with E-state index >= 15 is 0 Å². The van der Waals surface area contributed by atoms with Gasteiger partial charge in [-0.05, 0) is 24.3 Å². The number of phenols is 1. The topological polar surface area (TPSA) is 50.4 Å². The molecular formula is C16H11N3O. The van der Waals surface area contributed by atoms with Crippen LogP contribution in [0.25, 0.3) is 27.9 Å². The Morgan fingerprint density at radius 2 is 1.75 bits per heavy atom. The second kappa shape index (κ2) is 4.06. The number of aromatic hydroxyl groups is 1. The number of fused-ring (bicyclic) bond motifs is 3. The van der Waals surface area contributed by atoms with E-state index < -0.39 is 0 Å². The molecule has 0 aliphatic heterocycles. The fraction of sp³-hybridized carbons (Fsp3) is 0. The summed E-state index contributed by atoms with van der Waals surface area (Å²) in [5.41, 5.74) is 4.14. The highest BCUT2D eigenvalue weighted by Crippen LogP contribution is 2.28. The highest BCUT2D eigenvalue weighted by atomic mass is 16.3. The summed E-state index contributed by atoms with van der Waals surface area (Å²) in [6.45, 7) is 0. The number of hydrogen-bond donors (Lipinski definition) is 1. The smallest absolute Gasteiger partial charge is 0.156 e. The van der Waals surface area contributed by atoms with Crippen LogP contribution in [0, 0.1) is 0 Å². The summed E-state index contributed by atoms with van der Waals surface area (Å²) < 4.78 is 1.99. The van der Waals surface area contributed by atoms with Crippen molar-refractivity contribution >= 4 is 16.7 Å². The number of benzene rings is 2. The molecule has 0 unspecified atom stereocenters. The van der Waals surface area contributed by atoms with E-state index in [0.29, 0.717) is 0 Å². The van der Waals surface area contributed by atoms with E-state index in [-0.39, 0.29) is 5.75 Å². The van der Waals surface area contributed by atoms with E-state index in [1.165, 1.54) is 0 Å². The second-order valence-corrected chi connectivity index (χ2v) is 4.62. The molecule has 0 amide bonds. The van der Waals surface area contributed by atoms with Gasteiger partial charge in [-0.25, -0.2) is 4.98 Å². The Morgan fingerprint density at radius 1 is 0.950 bits per heavy atom. The Labute approximate surface area is 115 Å². The number of hydrogen-bond acceptors (Lipinski definition) is 3. The molecule has 0 aliphatic carbocycles. The maximum atomic E-state index is 9.94. The van der Waals surface area contributed by atoms with Crippen molar-refractivity contribution in [1.29, 1.82) is 0 Å². The average molecular weight is 261 g/mol. The third-order valence-electron chi connectivity index (χ3n) is 3.37. The van der Waals surface area contributed by atoms with Crippen molar-refractivity contribution in [3.63, 3.8) is 0 Å². The summed E-state index contributed by atoms with van der Waals surface area (Å²) in [6.07, 6.45) is 3.67. The van der Waals surface area contributed by atoms with Gasteiger partial charge in [-0.2, -0.15) is 0 Å². The van der Waals surface area contributed by atoms with Crippen LogP contribution in [0.2, 0.25) is 0 Å². The number of aromatic nitrogens is 3. The zero-order chi connectivity index (χ0) is 13.5. The van der Waals surface area contributed by atoms with E-state index in [2.05, 4.69) is 9.97 Å². The molecule has 0 atom stereocenters. The van der Waals surface area contributed by atoms with E-state index in [0.717, 1.165) is 27.9 Å². The van der Waals surface area contributed by atoms with Gasteiger partial charge in [0, 0.05) is 11.8 Å². The minimum absolute atomic E-state index is 0.230. The molecule has 0 bridgehead atoms. The largest absolute Gasteiger partial charge is 0.507 e. The molecule has 2 heterocycles. The van der Waals surface area contributed by atoms with Gasteiger partial charge in [0.2, 0.25) is 0 Å². The molecule has 0 spiro atoms. The molecule has 4 heteroatoms. The number of phenolic OH excluding ortho intramolecular Hbond substituents is 1. The molecule has 4 aromatic rings. The minimum Gasteiger partial charge on any atom is -0.507 e. The monoisotopic (exact) mass is 261 g/mol. The van der Waals surface area contributed by atoms with Gasteiger partial charge in [-0.1, -0.05) is 24.3 Å². The van der Waals surface area contributed by atoms with Crippen LogP contribution in [0.3, 0.4) is 0 Å². The van der Waals surface area contributed by atoms with Crippen LogP contribution in [-0.2, 0) is 0 Å². The van der Waals surface area contributed by atoms with E-state index in [4.69, 9.17) is 0 Å². The zero-order valence-electron chi connectivity index (χ0n) is 10.6. The predicted molar refractivity (Wildman–Crippen MR) is 77.6 cm³/mol. The standard InChI is InChI=1S/C16H11N3O/c20-15-8-4-1-5-11(15)13-10-19-14-7-3-2-6-12(14)17-9-16(19)18-13/h1-10,20H. The van der Waals surface area contributed by atoms with Crippen molar-refractivity contribution in [3.05, 3.63) is 60.9 Å². The molecule has 1 N–H and O–H groups in total. The molecule has 0 aliphatic rings. The van der Waals surface area contributed by atoms with E-state index in [1.807, 2.05) is 47.0 Å². The average Bonchev–Trinajstić information content (AvgIpc) is 2.92. The van der Waals surface area contributed by atoms with Crippen LogP contribution in [0.4, 0.5) is 0 Å². The lowest BCUT2D eigenvalue weighted by molar-refractivity contribution is 0.477. The van der Waals surface area contributed by atoms with Gasteiger partial charge < -0.3 is 5.11 Å². The number of para-hydroxylation sites is 3. The zero-order valence-corrected chi connectivity index (χ0v) is 10.6. The van der Waals surface area contributed by atoms with Crippen molar-refractivity contribution < 1.29 is 5.11 Å². The first kappa shape index (κ1) is 11.0. The molecule has 20 heavy (non-hydrogen) atoms. The van der Waals surface area contributed by atoms with Gasteiger partial charge in [-0.3, -0.25) is 9.38 Å². The van der Waals surface area contributed by atoms with Gasteiger partial charge in [0.1, 0.15) is 5.75 Å². The Hall–Kier alpha value is -2.88.